The number of nitrogens with zero attached hydrogens (tertiary/aromatic N) is 3. The molecule has 1 amide bonds. The number of aromatic nitrogens is 2. The minimum Gasteiger partial charge on any atom is -0.340 e. The molecule has 1 heterocycles. The van der Waals surface area contributed by atoms with Crippen molar-refractivity contribution in [1.82, 2.24) is 20.0 Å². The lowest BCUT2D eigenvalue weighted by atomic mass is 10.1. The average Bonchev–Trinajstić information content (AvgIpc) is 2.49. The van der Waals surface area contributed by atoms with Gasteiger partial charge in [0.2, 0.25) is 0 Å². The standard InChI is InChI=1S/C11H20N4O.ClH/c1-8-10(9(2)15(5)13-8)11(16)14(4)7-6-12-3;/h12H,6-7H2,1-5H3;1H. The van der Waals surface area contributed by atoms with Crippen molar-refractivity contribution in [1.29, 1.82) is 0 Å². The molecule has 0 saturated heterocycles. The minimum atomic E-state index is 0. The first kappa shape index (κ1) is 15.9. The summed E-state index contributed by atoms with van der Waals surface area (Å²) in [6.07, 6.45) is 0. The van der Waals surface area contributed by atoms with Crippen LogP contribution in [-0.2, 0) is 7.05 Å². The van der Waals surface area contributed by atoms with Crippen LogP contribution >= 0.6 is 12.4 Å². The molecule has 0 aliphatic rings. The molecule has 0 atom stereocenters. The molecule has 1 rings (SSSR count). The third-order valence-corrected chi connectivity index (χ3v) is 2.77. The Morgan fingerprint density at radius 3 is 2.47 bits per heavy atom. The van der Waals surface area contributed by atoms with Crippen molar-refractivity contribution in [3.8, 4) is 0 Å². The van der Waals surface area contributed by atoms with Gasteiger partial charge in [-0.05, 0) is 20.9 Å². The quantitative estimate of drug-likeness (QED) is 0.869. The maximum absolute atomic E-state index is 12.2. The second-order valence-electron chi connectivity index (χ2n) is 4.00. The maximum atomic E-state index is 12.2. The van der Waals surface area contributed by atoms with Crippen LogP contribution in [0.25, 0.3) is 0 Å². The van der Waals surface area contributed by atoms with E-state index >= 15 is 0 Å². The summed E-state index contributed by atoms with van der Waals surface area (Å²) < 4.78 is 1.74. The third kappa shape index (κ3) is 3.44. The Bertz CT molecular complexity index is 389. The van der Waals surface area contributed by atoms with Gasteiger partial charge in [-0.3, -0.25) is 9.48 Å². The molecule has 0 radical (unpaired) electrons. The molecule has 98 valence electrons. The molecule has 1 aromatic rings. The molecule has 17 heavy (non-hydrogen) atoms. The van der Waals surface area contributed by atoms with Crippen molar-refractivity contribution in [2.45, 2.75) is 13.8 Å². The molecule has 0 aliphatic carbocycles. The topological polar surface area (TPSA) is 50.2 Å². The highest BCUT2D eigenvalue weighted by Gasteiger charge is 2.20. The van der Waals surface area contributed by atoms with Gasteiger partial charge in [-0.15, -0.1) is 12.4 Å². The van der Waals surface area contributed by atoms with E-state index in [9.17, 15) is 4.79 Å². The lowest BCUT2D eigenvalue weighted by molar-refractivity contribution is 0.0795. The summed E-state index contributed by atoms with van der Waals surface area (Å²) in [5, 5.41) is 7.27. The predicted molar refractivity (Wildman–Crippen MR) is 70.8 cm³/mol. The number of nitrogens with one attached hydrogen (secondary N) is 1. The van der Waals surface area contributed by atoms with Crippen LogP contribution in [0, 0.1) is 13.8 Å². The summed E-state index contributed by atoms with van der Waals surface area (Å²) in [7, 11) is 5.54. The predicted octanol–water partition coefficient (Wildman–Crippen LogP) is 0.750. The van der Waals surface area contributed by atoms with Crippen LogP contribution in [0.3, 0.4) is 0 Å². The van der Waals surface area contributed by atoms with Crippen molar-refractivity contribution in [3.63, 3.8) is 0 Å². The molecule has 0 unspecified atom stereocenters. The summed E-state index contributed by atoms with van der Waals surface area (Å²) in [5.41, 5.74) is 2.43. The highest BCUT2D eigenvalue weighted by atomic mass is 35.5. The second kappa shape index (κ2) is 6.61. The van der Waals surface area contributed by atoms with E-state index in [1.807, 2.05) is 35.0 Å². The van der Waals surface area contributed by atoms with Crippen molar-refractivity contribution in [2.75, 3.05) is 27.2 Å². The minimum absolute atomic E-state index is 0. The van der Waals surface area contributed by atoms with Gasteiger partial charge in [-0.2, -0.15) is 5.10 Å². The number of rotatable bonds is 4. The van der Waals surface area contributed by atoms with Gasteiger partial charge in [0.25, 0.3) is 5.91 Å². The van der Waals surface area contributed by atoms with E-state index in [1.165, 1.54) is 0 Å². The van der Waals surface area contributed by atoms with Gasteiger partial charge in [0, 0.05) is 32.9 Å². The maximum Gasteiger partial charge on any atom is 0.257 e. The Kier molecular flexibility index (Phi) is 6.20. The van der Waals surface area contributed by atoms with E-state index in [4.69, 9.17) is 0 Å². The van der Waals surface area contributed by atoms with Crippen molar-refractivity contribution in [3.05, 3.63) is 17.0 Å². The fourth-order valence-corrected chi connectivity index (χ4v) is 1.66. The lowest BCUT2D eigenvalue weighted by Gasteiger charge is -2.17. The molecule has 0 bridgehead atoms. The molecule has 6 heteroatoms. The van der Waals surface area contributed by atoms with E-state index in [0.717, 1.165) is 23.5 Å². The Morgan fingerprint density at radius 1 is 1.47 bits per heavy atom. The highest BCUT2D eigenvalue weighted by molar-refractivity contribution is 5.96. The molecular weight excluding hydrogens is 240 g/mol. The SMILES string of the molecule is CNCCN(C)C(=O)c1c(C)nn(C)c1C.Cl. The first-order valence-corrected chi connectivity index (χ1v) is 5.39. The molecule has 0 aromatic carbocycles. The smallest absolute Gasteiger partial charge is 0.257 e. The molecular formula is C11H21ClN4O. The Hall–Kier alpha value is -1.07. The van der Waals surface area contributed by atoms with Gasteiger partial charge < -0.3 is 10.2 Å². The van der Waals surface area contributed by atoms with Crippen LogP contribution in [0.2, 0.25) is 0 Å². The summed E-state index contributed by atoms with van der Waals surface area (Å²) in [4.78, 5) is 13.9. The number of hydrogen-bond donors (Lipinski definition) is 1. The van der Waals surface area contributed by atoms with Crippen LogP contribution in [0.5, 0.6) is 0 Å². The number of hydrogen-bond acceptors (Lipinski definition) is 3. The number of carbonyl (C=O) groups is 1. The van der Waals surface area contributed by atoms with E-state index in [1.54, 1.807) is 9.58 Å². The molecule has 0 aliphatic heterocycles. The molecule has 0 fully saturated rings. The Labute approximate surface area is 109 Å². The van der Waals surface area contributed by atoms with Crippen molar-refractivity contribution in [2.24, 2.45) is 7.05 Å². The van der Waals surface area contributed by atoms with E-state index < -0.39 is 0 Å². The summed E-state index contributed by atoms with van der Waals surface area (Å²) >= 11 is 0. The fraction of sp³-hybridized carbons (Fsp3) is 0.636. The lowest BCUT2D eigenvalue weighted by Crippen LogP contribution is -2.33. The van der Waals surface area contributed by atoms with Crippen LogP contribution in [0.15, 0.2) is 0 Å². The third-order valence-electron chi connectivity index (χ3n) is 2.77. The largest absolute Gasteiger partial charge is 0.340 e. The zero-order valence-electron chi connectivity index (χ0n) is 11.1. The molecule has 5 nitrogen and oxygen atoms in total. The number of carbonyl (C=O) groups excluding carboxylic acids is 1. The highest BCUT2D eigenvalue weighted by Crippen LogP contribution is 2.13. The van der Waals surface area contributed by atoms with Gasteiger partial charge in [-0.1, -0.05) is 0 Å². The van der Waals surface area contributed by atoms with E-state index in [2.05, 4.69) is 10.4 Å². The van der Waals surface area contributed by atoms with Gasteiger partial charge in [-0.25, -0.2) is 0 Å². The Balaban J connectivity index is 0.00000256. The molecule has 0 spiro atoms. The van der Waals surface area contributed by atoms with Gasteiger partial charge >= 0.3 is 0 Å². The average molecular weight is 261 g/mol. The van der Waals surface area contributed by atoms with Crippen LogP contribution < -0.4 is 5.32 Å². The summed E-state index contributed by atoms with van der Waals surface area (Å²) in [5.74, 6) is 0.0401. The molecule has 0 saturated carbocycles. The summed E-state index contributed by atoms with van der Waals surface area (Å²) in [6, 6.07) is 0. The molecule has 1 N–H and O–H groups in total. The van der Waals surface area contributed by atoms with E-state index in [-0.39, 0.29) is 18.3 Å². The Morgan fingerprint density at radius 2 is 2.06 bits per heavy atom. The van der Waals surface area contributed by atoms with Crippen molar-refractivity contribution >= 4 is 18.3 Å². The monoisotopic (exact) mass is 260 g/mol. The van der Waals surface area contributed by atoms with Gasteiger partial charge in [0.05, 0.1) is 11.3 Å². The number of aryl methyl sites for hydroxylation is 2. The van der Waals surface area contributed by atoms with Crippen molar-refractivity contribution < 1.29 is 4.79 Å². The van der Waals surface area contributed by atoms with Crippen LogP contribution in [0.1, 0.15) is 21.7 Å². The normalized spacial score (nSPS) is 9.94. The van der Waals surface area contributed by atoms with Gasteiger partial charge in [0.1, 0.15) is 0 Å². The number of likely N-dealkylation sites (N-methyl/N-ethyl adjacent to an activating group) is 2. The number of halogens is 1. The zero-order valence-corrected chi connectivity index (χ0v) is 11.9. The summed E-state index contributed by atoms with van der Waals surface area (Å²) in [6.45, 7) is 5.27. The fourth-order valence-electron chi connectivity index (χ4n) is 1.66. The first-order valence-electron chi connectivity index (χ1n) is 5.39. The number of amides is 1. The van der Waals surface area contributed by atoms with Crippen LogP contribution in [0.4, 0.5) is 0 Å². The zero-order chi connectivity index (χ0) is 12.3. The second-order valence-corrected chi connectivity index (χ2v) is 4.00. The molecule has 1 aromatic heterocycles. The van der Waals surface area contributed by atoms with Crippen LogP contribution in [-0.4, -0.2) is 47.8 Å². The van der Waals surface area contributed by atoms with E-state index in [0.29, 0.717) is 6.54 Å². The first-order chi connectivity index (χ1) is 7.49. The van der Waals surface area contributed by atoms with Gasteiger partial charge in [0.15, 0.2) is 0 Å².